The number of pyridine rings is 1. The minimum atomic E-state index is 0.561. The fourth-order valence-electron chi connectivity index (χ4n) is 1.15. The lowest BCUT2D eigenvalue weighted by atomic mass is 10.3. The molecule has 3 nitrogen and oxygen atoms in total. The summed E-state index contributed by atoms with van der Waals surface area (Å²) in [6, 6.07) is 3.76. The van der Waals surface area contributed by atoms with E-state index < -0.39 is 0 Å². The lowest BCUT2D eigenvalue weighted by Crippen LogP contribution is -1.98. The highest BCUT2D eigenvalue weighted by Crippen LogP contribution is 2.29. The topological polar surface area (TPSA) is 48.1 Å². The highest BCUT2D eigenvalue weighted by molar-refractivity contribution is 5.28. The van der Waals surface area contributed by atoms with Crippen molar-refractivity contribution in [2.24, 2.45) is 5.92 Å². The van der Waals surface area contributed by atoms with Crippen LogP contribution in [0.5, 0.6) is 0 Å². The first-order chi connectivity index (χ1) is 6.34. The van der Waals surface area contributed by atoms with Gasteiger partial charge in [-0.25, -0.2) is 4.98 Å². The number of nitrogens with two attached hydrogens (primary N) is 1. The predicted molar refractivity (Wildman–Crippen MR) is 51.0 cm³/mol. The van der Waals surface area contributed by atoms with E-state index in [0.717, 1.165) is 18.1 Å². The van der Waals surface area contributed by atoms with Gasteiger partial charge in [0.25, 0.3) is 0 Å². The van der Waals surface area contributed by atoms with E-state index in [-0.39, 0.29) is 0 Å². The molecule has 0 spiro atoms. The Hall–Kier alpha value is -1.09. The monoisotopic (exact) mass is 178 g/mol. The van der Waals surface area contributed by atoms with Crippen LogP contribution in [-0.4, -0.2) is 11.6 Å². The van der Waals surface area contributed by atoms with Crippen molar-refractivity contribution in [2.45, 2.75) is 19.4 Å². The van der Waals surface area contributed by atoms with E-state index >= 15 is 0 Å². The van der Waals surface area contributed by atoms with E-state index in [1.165, 1.54) is 12.8 Å². The molecule has 0 unspecified atom stereocenters. The molecule has 0 atom stereocenters. The Bertz CT molecular complexity index is 267. The molecule has 13 heavy (non-hydrogen) atoms. The van der Waals surface area contributed by atoms with Gasteiger partial charge in [-0.1, -0.05) is 6.07 Å². The van der Waals surface area contributed by atoms with E-state index in [1.54, 1.807) is 12.3 Å². The van der Waals surface area contributed by atoms with Crippen LogP contribution in [-0.2, 0) is 11.3 Å². The predicted octanol–water partition coefficient (Wildman–Crippen LogP) is 1.59. The van der Waals surface area contributed by atoms with Gasteiger partial charge in [0, 0.05) is 12.8 Å². The molecular weight excluding hydrogens is 164 g/mol. The maximum absolute atomic E-state index is 5.50. The van der Waals surface area contributed by atoms with E-state index in [4.69, 9.17) is 10.5 Å². The molecule has 0 aromatic carbocycles. The second kappa shape index (κ2) is 3.75. The van der Waals surface area contributed by atoms with Crippen molar-refractivity contribution in [3.8, 4) is 0 Å². The Morgan fingerprint density at radius 1 is 1.46 bits per heavy atom. The summed E-state index contributed by atoms with van der Waals surface area (Å²) in [7, 11) is 0. The van der Waals surface area contributed by atoms with Gasteiger partial charge >= 0.3 is 0 Å². The third-order valence-corrected chi connectivity index (χ3v) is 2.17. The van der Waals surface area contributed by atoms with Crippen molar-refractivity contribution in [3.63, 3.8) is 0 Å². The van der Waals surface area contributed by atoms with E-state index in [0.29, 0.717) is 12.4 Å². The van der Waals surface area contributed by atoms with Crippen molar-refractivity contribution in [2.75, 3.05) is 12.3 Å². The molecule has 1 aliphatic rings. The molecule has 1 saturated carbocycles. The van der Waals surface area contributed by atoms with Crippen LogP contribution in [0.25, 0.3) is 0 Å². The van der Waals surface area contributed by atoms with Crippen molar-refractivity contribution in [1.82, 2.24) is 4.98 Å². The number of hydrogen-bond donors (Lipinski definition) is 1. The minimum Gasteiger partial charge on any atom is -0.384 e. The van der Waals surface area contributed by atoms with Gasteiger partial charge in [-0.05, 0) is 30.4 Å². The van der Waals surface area contributed by atoms with Crippen LogP contribution in [0.2, 0.25) is 0 Å². The Morgan fingerprint density at radius 2 is 2.31 bits per heavy atom. The van der Waals surface area contributed by atoms with Gasteiger partial charge in [-0.3, -0.25) is 0 Å². The second-order valence-corrected chi connectivity index (χ2v) is 3.55. The molecule has 1 aromatic heterocycles. The van der Waals surface area contributed by atoms with Gasteiger partial charge in [0.15, 0.2) is 0 Å². The van der Waals surface area contributed by atoms with Crippen LogP contribution in [0, 0.1) is 5.92 Å². The number of nitrogens with zero attached hydrogens (tertiary/aromatic N) is 1. The standard InChI is InChI=1S/C10H14N2O/c11-10-4-3-9(5-12-10)7-13-6-8-1-2-8/h3-5,8H,1-2,6-7H2,(H2,11,12). The summed E-state index contributed by atoms with van der Waals surface area (Å²) in [5, 5.41) is 0. The summed E-state index contributed by atoms with van der Waals surface area (Å²) < 4.78 is 5.50. The summed E-state index contributed by atoms with van der Waals surface area (Å²) in [5.41, 5.74) is 6.55. The third kappa shape index (κ3) is 2.70. The minimum absolute atomic E-state index is 0.561. The molecule has 70 valence electrons. The van der Waals surface area contributed by atoms with Gasteiger partial charge in [0.1, 0.15) is 5.82 Å². The van der Waals surface area contributed by atoms with Gasteiger partial charge in [0.05, 0.1) is 6.61 Å². The molecule has 3 heteroatoms. The first-order valence-corrected chi connectivity index (χ1v) is 4.63. The lowest BCUT2D eigenvalue weighted by Gasteiger charge is -2.02. The molecule has 0 aliphatic heterocycles. The van der Waals surface area contributed by atoms with Crippen LogP contribution >= 0.6 is 0 Å². The first-order valence-electron chi connectivity index (χ1n) is 4.63. The van der Waals surface area contributed by atoms with Gasteiger partial charge in [0.2, 0.25) is 0 Å². The molecule has 2 N–H and O–H groups in total. The molecular formula is C10H14N2O. The molecule has 0 bridgehead atoms. The van der Waals surface area contributed by atoms with E-state index in [1.807, 2.05) is 6.07 Å². The molecule has 0 amide bonds. The Kier molecular flexibility index (Phi) is 2.45. The van der Waals surface area contributed by atoms with Crippen LogP contribution in [0.4, 0.5) is 5.82 Å². The zero-order valence-corrected chi connectivity index (χ0v) is 7.57. The number of rotatable bonds is 4. The summed E-state index contributed by atoms with van der Waals surface area (Å²) >= 11 is 0. The van der Waals surface area contributed by atoms with Crippen molar-refractivity contribution >= 4 is 5.82 Å². The average molecular weight is 178 g/mol. The summed E-state index contributed by atoms with van der Waals surface area (Å²) in [6.07, 6.45) is 4.43. The largest absolute Gasteiger partial charge is 0.384 e. The fourth-order valence-corrected chi connectivity index (χ4v) is 1.15. The number of aromatic nitrogens is 1. The maximum atomic E-state index is 5.50. The molecule has 0 saturated heterocycles. The number of hydrogen-bond acceptors (Lipinski definition) is 3. The number of ether oxygens (including phenoxy) is 1. The lowest BCUT2D eigenvalue weighted by molar-refractivity contribution is 0.111. The van der Waals surface area contributed by atoms with E-state index in [2.05, 4.69) is 4.98 Å². The number of anilines is 1. The zero-order chi connectivity index (χ0) is 9.10. The molecule has 1 heterocycles. The molecule has 1 fully saturated rings. The van der Waals surface area contributed by atoms with Crippen LogP contribution in [0.1, 0.15) is 18.4 Å². The smallest absolute Gasteiger partial charge is 0.123 e. The van der Waals surface area contributed by atoms with Crippen LogP contribution < -0.4 is 5.73 Å². The molecule has 1 aromatic rings. The van der Waals surface area contributed by atoms with E-state index in [9.17, 15) is 0 Å². The second-order valence-electron chi connectivity index (χ2n) is 3.55. The quantitative estimate of drug-likeness (QED) is 0.761. The normalized spacial score (nSPS) is 16.0. The van der Waals surface area contributed by atoms with Crippen LogP contribution in [0.15, 0.2) is 18.3 Å². The fraction of sp³-hybridized carbons (Fsp3) is 0.500. The van der Waals surface area contributed by atoms with Gasteiger partial charge in [-0.2, -0.15) is 0 Å². The average Bonchev–Trinajstić information content (AvgIpc) is 2.92. The first kappa shape index (κ1) is 8.51. The third-order valence-electron chi connectivity index (χ3n) is 2.17. The Balaban J connectivity index is 1.76. The maximum Gasteiger partial charge on any atom is 0.123 e. The molecule has 1 aliphatic carbocycles. The van der Waals surface area contributed by atoms with Gasteiger partial charge < -0.3 is 10.5 Å². The van der Waals surface area contributed by atoms with Gasteiger partial charge in [-0.15, -0.1) is 0 Å². The summed E-state index contributed by atoms with van der Waals surface area (Å²) in [6.45, 7) is 1.55. The Labute approximate surface area is 77.9 Å². The highest BCUT2D eigenvalue weighted by atomic mass is 16.5. The van der Waals surface area contributed by atoms with Crippen molar-refractivity contribution in [1.29, 1.82) is 0 Å². The van der Waals surface area contributed by atoms with Crippen molar-refractivity contribution in [3.05, 3.63) is 23.9 Å². The molecule has 0 radical (unpaired) electrons. The SMILES string of the molecule is Nc1ccc(COCC2CC2)cn1. The zero-order valence-electron chi connectivity index (χ0n) is 7.57. The van der Waals surface area contributed by atoms with Crippen molar-refractivity contribution < 1.29 is 4.74 Å². The molecule has 2 rings (SSSR count). The van der Waals surface area contributed by atoms with Crippen LogP contribution in [0.3, 0.4) is 0 Å². The summed E-state index contributed by atoms with van der Waals surface area (Å²) in [4.78, 5) is 3.99. The summed E-state index contributed by atoms with van der Waals surface area (Å²) in [5.74, 6) is 1.38. The highest BCUT2D eigenvalue weighted by Gasteiger charge is 2.20. The number of nitrogen functional groups attached to an aromatic ring is 1. The Morgan fingerprint density at radius 3 is 2.92 bits per heavy atom.